The third kappa shape index (κ3) is 3.15. The highest BCUT2D eigenvalue weighted by Gasteiger charge is 2.02. The van der Waals surface area contributed by atoms with Gasteiger partial charge in [-0.3, -0.25) is 4.79 Å². The monoisotopic (exact) mass is 309 g/mol. The molecule has 0 saturated heterocycles. The summed E-state index contributed by atoms with van der Waals surface area (Å²) in [7, 11) is 0. The van der Waals surface area contributed by atoms with Gasteiger partial charge in [0.25, 0.3) is 0 Å². The predicted octanol–water partition coefficient (Wildman–Crippen LogP) is 2.78. The number of halogens is 2. The summed E-state index contributed by atoms with van der Waals surface area (Å²) in [5.41, 5.74) is 1.87. The van der Waals surface area contributed by atoms with E-state index in [2.05, 4.69) is 27.9 Å². The summed E-state index contributed by atoms with van der Waals surface area (Å²) >= 11 is 7.60. The summed E-state index contributed by atoms with van der Waals surface area (Å²) in [6, 6.07) is 5.82. The minimum Gasteiger partial charge on any atom is -0.325 e. The van der Waals surface area contributed by atoms with E-state index in [0.29, 0.717) is 0 Å². The number of amides is 1. The first kappa shape index (κ1) is 10.8. The summed E-state index contributed by atoms with van der Waals surface area (Å²) in [6.07, 6.45) is 0. The van der Waals surface area contributed by atoms with E-state index in [1.165, 1.54) is 0 Å². The van der Waals surface area contributed by atoms with Gasteiger partial charge in [-0.15, -0.1) is 11.6 Å². The smallest absolute Gasteiger partial charge is 0.239 e. The van der Waals surface area contributed by atoms with E-state index in [4.69, 9.17) is 11.6 Å². The summed E-state index contributed by atoms with van der Waals surface area (Å²) in [5.74, 6) is -0.184. The number of nitrogens with one attached hydrogen (secondary N) is 1. The van der Waals surface area contributed by atoms with Crippen LogP contribution in [0.15, 0.2) is 18.2 Å². The van der Waals surface area contributed by atoms with Crippen molar-refractivity contribution in [1.29, 1.82) is 0 Å². The zero-order chi connectivity index (χ0) is 9.84. The third-order valence-corrected chi connectivity index (χ3v) is 2.50. The van der Waals surface area contributed by atoms with Gasteiger partial charge in [0.15, 0.2) is 0 Å². The Kier molecular flexibility index (Phi) is 3.99. The molecular weight excluding hydrogens is 300 g/mol. The van der Waals surface area contributed by atoms with E-state index in [9.17, 15) is 4.79 Å². The molecule has 0 aliphatic rings. The summed E-state index contributed by atoms with van der Waals surface area (Å²) in [6.45, 7) is 1.95. The SMILES string of the molecule is Cc1cc(I)ccc1NC(=O)CCl. The Balaban J connectivity index is 2.83. The normalized spacial score (nSPS) is 9.77. The van der Waals surface area contributed by atoms with Gasteiger partial charge >= 0.3 is 0 Å². The molecule has 0 aliphatic heterocycles. The van der Waals surface area contributed by atoms with Gasteiger partial charge in [0.05, 0.1) is 0 Å². The molecule has 13 heavy (non-hydrogen) atoms. The highest BCUT2D eigenvalue weighted by molar-refractivity contribution is 14.1. The van der Waals surface area contributed by atoms with Crippen LogP contribution in [0.2, 0.25) is 0 Å². The molecule has 1 N–H and O–H groups in total. The summed E-state index contributed by atoms with van der Waals surface area (Å²) in [5, 5.41) is 2.71. The Labute approximate surface area is 95.8 Å². The van der Waals surface area contributed by atoms with E-state index in [1.807, 2.05) is 25.1 Å². The van der Waals surface area contributed by atoms with Crippen LogP contribution < -0.4 is 5.32 Å². The Morgan fingerprint density at radius 3 is 2.85 bits per heavy atom. The molecule has 1 amide bonds. The second kappa shape index (κ2) is 4.81. The first-order valence-corrected chi connectivity index (χ1v) is 5.37. The van der Waals surface area contributed by atoms with Gasteiger partial charge in [-0.2, -0.15) is 0 Å². The molecule has 0 radical (unpaired) electrons. The van der Waals surface area contributed by atoms with Crippen molar-refractivity contribution in [3.05, 3.63) is 27.3 Å². The second-order valence-corrected chi connectivity index (χ2v) is 4.15. The molecular formula is C9H9ClINO. The van der Waals surface area contributed by atoms with Crippen LogP contribution in [0.25, 0.3) is 0 Å². The molecule has 1 aromatic rings. The number of aryl methyl sites for hydroxylation is 1. The van der Waals surface area contributed by atoms with Crippen LogP contribution in [0.5, 0.6) is 0 Å². The van der Waals surface area contributed by atoms with E-state index in [0.717, 1.165) is 14.8 Å². The molecule has 2 nitrogen and oxygen atoms in total. The maximum Gasteiger partial charge on any atom is 0.239 e. The maximum atomic E-state index is 11.0. The quantitative estimate of drug-likeness (QED) is 0.660. The van der Waals surface area contributed by atoms with Crippen LogP contribution in [0.4, 0.5) is 5.69 Å². The number of anilines is 1. The highest BCUT2D eigenvalue weighted by Crippen LogP contribution is 2.17. The third-order valence-electron chi connectivity index (χ3n) is 1.58. The van der Waals surface area contributed by atoms with Crippen LogP contribution in [0.1, 0.15) is 5.56 Å². The fourth-order valence-corrected chi connectivity index (χ4v) is 1.66. The van der Waals surface area contributed by atoms with Crippen molar-refractivity contribution < 1.29 is 4.79 Å². The van der Waals surface area contributed by atoms with Crippen LogP contribution in [-0.2, 0) is 4.79 Å². The van der Waals surface area contributed by atoms with Crippen LogP contribution in [-0.4, -0.2) is 11.8 Å². The van der Waals surface area contributed by atoms with Crippen LogP contribution in [0, 0.1) is 10.5 Å². The van der Waals surface area contributed by atoms with Crippen LogP contribution in [0.3, 0.4) is 0 Å². The summed E-state index contributed by atoms with van der Waals surface area (Å²) < 4.78 is 1.15. The minimum absolute atomic E-state index is 0.00851. The lowest BCUT2D eigenvalue weighted by Gasteiger charge is -2.06. The van der Waals surface area contributed by atoms with Crippen molar-refractivity contribution >= 4 is 45.8 Å². The molecule has 0 bridgehead atoms. The van der Waals surface area contributed by atoms with Crippen LogP contribution >= 0.6 is 34.2 Å². The zero-order valence-electron chi connectivity index (χ0n) is 7.10. The van der Waals surface area contributed by atoms with Crippen molar-refractivity contribution in [3.63, 3.8) is 0 Å². The average molecular weight is 310 g/mol. The molecule has 0 unspecified atom stereocenters. The summed E-state index contributed by atoms with van der Waals surface area (Å²) in [4.78, 5) is 11.0. The maximum absolute atomic E-state index is 11.0. The average Bonchev–Trinajstić information content (AvgIpc) is 2.09. The molecule has 0 aromatic heterocycles. The molecule has 70 valence electrons. The second-order valence-electron chi connectivity index (χ2n) is 2.64. The van der Waals surface area contributed by atoms with Gasteiger partial charge < -0.3 is 5.32 Å². The Morgan fingerprint density at radius 1 is 1.62 bits per heavy atom. The first-order chi connectivity index (χ1) is 6.13. The number of hydrogen-bond donors (Lipinski definition) is 1. The van der Waals surface area contributed by atoms with Gasteiger partial charge in [0, 0.05) is 9.26 Å². The number of rotatable bonds is 2. The minimum atomic E-state index is -0.175. The number of benzene rings is 1. The van der Waals surface area contributed by atoms with Crippen molar-refractivity contribution in [2.75, 3.05) is 11.2 Å². The lowest BCUT2D eigenvalue weighted by molar-refractivity contribution is -0.113. The largest absolute Gasteiger partial charge is 0.325 e. The number of alkyl halides is 1. The zero-order valence-corrected chi connectivity index (χ0v) is 10.0. The fraction of sp³-hybridized carbons (Fsp3) is 0.222. The van der Waals surface area contributed by atoms with Crippen molar-refractivity contribution in [2.24, 2.45) is 0 Å². The van der Waals surface area contributed by atoms with E-state index in [1.54, 1.807) is 0 Å². The molecule has 0 fully saturated rings. The van der Waals surface area contributed by atoms with E-state index < -0.39 is 0 Å². The molecule has 0 saturated carbocycles. The van der Waals surface area contributed by atoms with E-state index >= 15 is 0 Å². The van der Waals surface area contributed by atoms with Gasteiger partial charge in [-0.25, -0.2) is 0 Å². The number of hydrogen-bond acceptors (Lipinski definition) is 1. The Bertz CT molecular complexity index is 327. The fourth-order valence-electron chi connectivity index (χ4n) is 0.951. The number of carbonyl (C=O) groups excluding carboxylic acids is 1. The Morgan fingerprint density at radius 2 is 2.31 bits per heavy atom. The molecule has 0 aliphatic carbocycles. The molecule has 1 aromatic carbocycles. The van der Waals surface area contributed by atoms with Crippen molar-refractivity contribution in [2.45, 2.75) is 6.92 Å². The molecule has 4 heteroatoms. The predicted molar refractivity (Wildman–Crippen MR) is 63.2 cm³/mol. The number of carbonyl (C=O) groups is 1. The lowest BCUT2D eigenvalue weighted by atomic mass is 10.2. The molecule has 0 atom stereocenters. The van der Waals surface area contributed by atoms with E-state index in [-0.39, 0.29) is 11.8 Å². The standard InChI is InChI=1S/C9H9ClINO/c1-6-4-7(11)2-3-8(6)12-9(13)5-10/h2-4H,5H2,1H3,(H,12,13). The lowest BCUT2D eigenvalue weighted by Crippen LogP contribution is -2.13. The van der Waals surface area contributed by atoms with Crippen molar-refractivity contribution in [3.8, 4) is 0 Å². The van der Waals surface area contributed by atoms with Gasteiger partial charge in [-0.05, 0) is 53.3 Å². The van der Waals surface area contributed by atoms with Crippen molar-refractivity contribution in [1.82, 2.24) is 0 Å². The topological polar surface area (TPSA) is 29.1 Å². The van der Waals surface area contributed by atoms with Gasteiger partial charge in [0.1, 0.15) is 5.88 Å². The first-order valence-electron chi connectivity index (χ1n) is 3.75. The molecule has 0 heterocycles. The van der Waals surface area contributed by atoms with Gasteiger partial charge in [0.2, 0.25) is 5.91 Å². The molecule has 0 spiro atoms. The highest BCUT2D eigenvalue weighted by atomic mass is 127. The van der Waals surface area contributed by atoms with Gasteiger partial charge in [-0.1, -0.05) is 0 Å². The Hall–Kier alpha value is -0.290. The molecule has 1 rings (SSSR count).